The highest BCUT2D eigenvalue weighted by molar-refractivity contribution is 5.93. The van der Waals surface area contributed by atoms with Crippen LogP contribution in [0.5, 0.6) is 0 Å². The van der Waals surface area contributed by atoms with Crippen molar-refractivity contribution in [3.05, 3.63) is 33.9 Å². The summed E-state index contributed by atoms with van der Waals surface area (Å²) in [6, 6.07) is 4.03. The van der Waals surface area contributed by atoms with Crippen molar-refractivity contribution in [3.8, 4) is 0 Å². The molecule has 1 aromatic rings. The maximum Gasteiger partial charge on any atom is 0.339 e. The Morgan fingerprint density at radius 2 is 2.05 bits per heavy atom. The third-order valence-corrected chi connectivity index (χ3v) is 2.89. The minimum absolute atomic E-state index is 0.0217. The Balaban J connectivity index is 2.97. The second kappa shape index (κ2) is 7.39. The smallest absolute Gasteiger partial charge is 0.339 e. The number of hydrogen-bond donors (Lipinski definition) is 1. The Bertz CT molecular complexity index is 586. The summed E-state index contributed by atoms with van der Waals surface area (Å²) in [5.41, 5.74) is 0.192. The van der Waals surface area contributed by atoms with Gasteiger partial charge in [-0.2, -0.15) is 0 Å². The van der Waals surface area contributed by atoms with Gasteiger partial charge in [-0.25, -0.2) is 4.79 Å². The number of benzene rings is 1. The molecule has 1 amide bonds. The second-order valence-corrected chi connectivity index (χ2v) is 4.80. The number of anilines is 1. The van der Waals surface area contributed by atoms with Crippen molar-refractivity contribution in [2.24, 2.45) is 0 Å². The van der Waals surface area contributed by atoms with E-state index in [1.165, 1.54) is 19.1 Å². The van der Waals surface area contributed by atoms with E-state index in [1.807, 2.05) is 0 Å². The van der Waals surface area contributed by atoms with Crippen molar-refractivity contribution >= 4 is 23.3 Å². The quantitative estimate of drug-likeness (QED) is 0.483. The molecule has 0 bridgehead atoms. The molecule has 1 rings (SSSR count). The zero-order valence-electron chi connectivity index (χ0n) is 13.0. The lowest BCUT2D eigenvalue weighted by molar-refractivity contribution is -0.384. The fourth-order valence-electron chi connectivity index (χ4n) is 1.77. The maximum atomic E-state index is 12.0. The lowest BCUT2D eigenvalue weighted by atomic mass is 10.1. The molecule has 0 radical (unpaired) electrons. The van der Waals surface area contributed by atoms with E-state index >= 15 is 0 Å². The largest absolute Gasteiger partial charge is 0.449 e. The summed E-state index contributed by atoms with van der Waals surface area (Å²) >= 11 is 0. The maximum absolute atomic E-state index is 12.0. The van der Waals surface area contributed by atoms with Gasteiger partial charge in [-0.05, 0) is 26.0 Å². The van der Waals surface area contributed by atoms with Crippen molar-refractivity contribution in [2.45, 2.75) is 20.0 Å². The average molecular weight is 309 g/mol. The fourth-order valence-corrected chi connectivity index (χ4v) is 1.77. The first kappa shape index (κ1) is 17.4. The number of nitro groups is 1. The first-order valence-corrected chi connectivity index (χ1v) is 6.72. The van der Waals surface area contributed by atoms with Gasteiger partial charge in [0.05, 0.1) is 10.5 Å². The Kier molecular flexibility index (Phi) is 5.85. The van der Waals surface area contributed by atoms with Crippen LogP contribution in [0.25, 0.3) is 0 Å². The molecule has 8 heteroatoms. The van der Waals surface area contributed by atoms with Crippen molar-refractivity contribution < 1.29 is 19.2 Å². The van der Waals surface area contributed by atoms with E-state index < -0.39 is 22.9 Å². The van der Waals surface area contributed by atoms with E-state index in [-0.39, 0.29) is 11.3 Å². The van der Waals surface area contributed by atoms with Gasteiger partial charge in [-0.1, -0.05) is 0 Å². The molecule has 0 aromatic heterocycles. The van der Waals surface area contributed by atoms with Gasteiger partial charge < -0.3 is 15.0 Å². The van der Waals surface area contributed by atoms with Crippen LogP contribution in [0, 0.1) is 10.1 Å². The van der Waals surface area contributed by atoms with E-state index in [9.17, 15) is 19.7 Å². The minimum Gasteiger partial charge on any atom is -0.449 e. The average Bonchev–Trinajstić information content (AvgIpc) is 2.46. The number of nitrogens with zero attached hydrogens (tertiary/aromatic N) is 2. The van der Waals surface area contributed by atoms with Crippen molar-refractivity contribution in [2.75, 3.05) is 25.5 Å². The number of amides is 1. The molecule has 22 heavy (non-hydrogen) atoms. The molecule has 0 aliphatic carbocycles. The molecule has 1 aromatic carbocycles. The SMILES string of the molecule is CCNC(=O)[C@@H](C)OC(=O)c1ccc(N(C)C)c([N+](=O)[O-])c1. The van der Waals surface area contributed by atoms with E-state index in [2.05, 4.69) is 5.32 Å². The number of carbonyl (C=O) groups excluding carboxylic acids is 2. The molecule has 0 fully saturated rings. The Hall–Kier alpha value is -2.64. The number of nitrogens with one attached hydrogen (secondary N) is 1. The van der Waals surface area contributed by atoms with Gasteiger partial charge in [0, 0.05) is 26.7 Å². The van der Waals surface area contributed by atoms with E-state index in [0.717, 1.165) is 6.07 Å². The van der Waals surface area contributed by atoms with Gasteiger partial charge in [-0.3, -0.25) is 14.9 Å². The summed E-state index contributed by atoms with van der Waals surface area (Å²) in [5.74, 6) is -1.21. The summed E-state index contributed by atoms with van der Waals surface area (Å²) in [4.78, 5) is 35.6. The highest BCUT2D eigenvalue weighted by atomic mass is 16.6. The summed E-state index contributed by atoms with van der Waals surface area (Å²) in [7, 11) is 3.33. The third kappa shape index (κ3) is 4.18. The lowest BCUT2D eigenvalue weighted by Gasteiger charge is -2.15. The normalized spacial score (nSPS) is 11.5. The summed E-state index contributed by atoms with van der Waals surface area (Å²) in [5, 5.41) is 13.6. The minimum atomic E-state index is -0.972. The predicted molar refractivity (Wildman–Crippen MR) is 81.0 cm³/mol. The predicted octanol–water partition coefficient (Wildman–Crippen LogP) is 1.34. The Morgan fingerprint density at radius 3 is 2.55 bits per heavy atom. The van der Waals surface area contributed by atoms with Crippen LogP contribution in [0.15, 0.2) is 18.2 Å². The third-order valence-electron chi connectivity index (χ3n) is 2.89. The van der Waals surface area contributed by atoms with Gasteiger partial charge in [0.1, 0.15) is 5.69 Å². The van der Waals surface area contributed by atoms with Crippen LogP contribution in [-0.4, -0.2) is 43.5 Å². The first-order valence-electron chi connectivity index (χ1n) is 6.72. The molecule has 1 N–H and O–H groups in total. The van der Waals surface area contributed by atoms with Gasteiger partial charge in [0.25, 0.3) is 11.6 Å². The van der Waals surface area contributed by atoms with Crippen LogP contribution in [-0.2, 0) is 9.53 Å². The molecule has 8 nitrogen and oxygen atoms in total. The number of rotatable bonds is 6. The molecular formula is C14H19N3O5. The summed E-state index contributed by atoms with van der Waals surface area (Å²) < 4.78 is 5.00. The first-order chi connectivity index (χ1) is 10.3. The molecule has 0 unspecified atom stereocenters. The van der Waals surface area contributed by atoms with E-state index in [1.54, 1.807) is 25.9 Å². The monoisotopic (exact) mass is 309 g/mol. The van der Waals surface area contributed by atoms with E-state index in [4.69, 9.17) is 4.74 Å². The molecule has 120 valence electrons. The van der Waals surface area contributed by atoms with Crippen molar-refractivity contribution in [1.29, 1.82) is 0 Å². The second-order valence-electron chi connectivity index (χ2n) is 4.80. The van der Waals surface area contributed by atoms with Crippen LogP contribution in [0.2, 0.25) is 0 Å². The van der Waals surface area contributed by atoms with Gasteiger partial charge in [0.2, 0.25) is 0 Å². The zero-order chi connectivity index (χ0) is 16.9. The van der Waals surface area contributed by atoms with Crippen LogP contribution in [0.3, 0.4) is 0 Å². The molecule has 1 atom stereocenters. The Morgan fingerprint density at radius 1 is 1.41 bits per heavy atom. The highest BCUT2D eigenvalue weighted by Gasteiger charge is 2.22. The topological polar surface area (TPSA) is 102 Å². The summed E-state index contributed by atoms with van der Waals surface area (Å²) in [6.07, 6.45) is -0.972. The van der Waals surface area contributed by atoms with Gasteiger partial charge in [-0.15, -0.1) is 0 Å². The number of ether oxygens (including phenoxy) is 1. The zero-order valence-corrected chi connectivity index (χ0v) is 13.0. The van der Waals surface area contributed by atoms with E-state index in [0.29, 0.717) is 12.2 Å². The van der Waals surface area contributed by atoms with Crippen LogP contribution >= 0.6 is 0 Å². The van der Waals surface area contributed by atoms with Gasteiger partial charge in [0.15, 0.2) is 6.10 Å². The van der Waals surface area contributed by atoms with Crippen molar-refractivity contribution in [1.82, 2.24) is 5.32 Å². The summed E-state index contributed by atoms with van der Waals surface area (Å²) in [6.45, 7) is 3.60. The molecule has 0 heterocycles. The molecule has 0 saturated carbocycles. The van der Waals surface area contributed by atoms with Crippen molar-refractivity contribution in [3.63, 3.8) is 0 Å². The Labute approximate surface area is 128 Å². The number of esters is 1. The number of likely N-dealkylation sites (N-methyl/N-ethyl adjacent to an activating group) is 1. The standard InChI is InChI=1S/C14H19N3O5/c1-5-15-13(18)9(2)22-14(19)10-6-7-11(16(3)4)12(8-10)17(20)21/h6-9H,5H2,1-4H3,(H,15,18)/t9-/m1/s1. The number of carbonyl (C=O) groups is 2. The molecular weight excluding hydrogens is 290 g/mol. The molecule has 0 aliphatic heterocycles. The number of nitro benzene ring substituents is 1. The van der Waals surface area contributed by atoms with Crippen LogP contribution in [0.1, 0.15) is 24.2 Å². The lowest BCUT2D eigenvalue weighted by Crippen LogP contribution is -2.35. The van der Waals surface area contributed by atoms with Gasteiger partial charge >= 0.3 is 5.97 Å². The molecule has 0 spiro atoms. The molecule has 0 aliphatic rings. The number of hydrogen-bond acceptors (Lipinski definition) is 6. The van der Waals surface area contributed by atoms with Crippen LogP contribution < -0.4 is 10.2 Å². The van der Waals surface area contributed by atoms with Crippen LogP contribution in [0.4, 0.5) is 11.4 Å². The highest BCUT2D eigenvalue weighted by Crippen LogP contribution is 2.28. The molecule has 0 saturated heterocycles. The fraction of sp³-hybridized carbons (Fsp3) is 0.429.